The van der Waals surface area contributed by atoms with E-state index in [4.69, 9.17) is 0 Å². The Hall–Kier alpha value is -3.35. The number of benzene rings is 2. The summed E-state index contributed by atoms with van der Waals surface area (Å²) in [7, 11) is 1.78. The number of rotatable bonds is 6. The second-order valence-corrected chi connectivity index (χ2v) is 9.77. The largest absolute Gasteiger partial charge is 0.342 e. The van der Waals surface area contributed by atoms with E-state index in [1.807, 2.05) is 65.6 Å². The minimum absolute atomic E-state index is 0.00339. The predicted molar refractivity (Wildman–Crippen MR) is 130 cm³/mol. The number of hydrogen-bond donors (Lipinski definition) is 0. The molecule has 2 aliphatic heterocycles. The Kier molecular flexibility index (Phi) is 6.02. The summed E-state index contributed by atoms with van der Waals surface area (Å²) in [5.41, 5.74) is 1.33. The Morgan fingerprint density at radius 1 is 0.971 bits per heavy atom. The fourth-order valence-electron chi connectivity index (χ4n) is 5.24. The number of amides is 3. The summed E-state index contributed by atoms with van der Waals surface area (Å²) in [6.07, 6.45) is 3.15. The quantitative estimate of drug-likeness (QED) is 0.665. The molecule has 178 valence electrons. The van der Waals surface area contributed by atoms with Gasteiger partial charge in [-0.2, -0.15) is 0 Å². The highest BCUT2D eigenvalue weighted by Crippen LogP contribution is 2.41. The molecule has 2 aromatic carbocycles. The van der Waals surface area contributed by atoms with Gasteiger partial charge in [0.05, 0.1) is 6.67 Å². The molecule has 1 aliphatic carbocycles. The lowest BCUT2D eigenvalue weighted by atomic mass is 9.85. The third kappa shape index (κ3) is 4.27. The highest BCUT2D eigenvalue weighted by Gasteiger charge is 2.54. The van der Waals surface area contributed by atoms with Gasteiger partial charge in [0.2, 0.25) is 11.8 Å². The SMILES string of the molecule is CN(Cc1ccccc1)C(=O)CN1CN(c2ccccc2)C2(CCN(C(=O)C3CC3)CC2)C1=O. The zero-order chi connectivity index (χ0) is 23.7. The third-order valence-corrected chi connectivity index (χ3v) is 7.43. The molecule has 0 aromatic heterocycles. The molecule has 34 heavy (non-hydrogen) atoms. The summed E-state index contributed by atoms with van der Waals surface area (Å²) in [4.78, 5) is 46.9. The molecule has 5 rings (SSSR count). The molecule has 0 radical (unpaired) electrons. The Labute approximate surface area is 200 Å². The van der Waals surface area contributed by atoms with Crippen LogP contribution in [0.5, 0.6) is 0 Å². The molecular formula is C27H32N4O3. The lowest BCUT2D eigenvalue weighted by Crippen LogP contribution is -2.57. The lowest BCUT2D eigenvalue weighted by Gasteiger charge is -2.43. The lowest BCUT2D eigenvalue weighted by molar-refractivity contribution is -0.142. The molecule has 2 saturated heterocycles. The second-order valence-electron chi connectivity index (χ2n) is 9.77. The van der Waals surface area contributed by atoms with Gasteiger partial charge in [-0.05, 0) is 43.4 Å². The number of likely N-dealkylation sites (tertiary alicyclic amines) is 1. The molecule has 1 spiro atoms. The van der Waals surface area contributed by atoms with Crippen molar-refractivity contribution < 1.29 is 14.4 Å². The van der Waals surface area contributed by atoms with Gasteiger partial charge >= 0.3 is 0 Å². The summed E-state index contributed by atoms with van der Waals surface area (Å²) in [5.74, 6) is 0.342. The molecule has 3 amide bonds. The Balaban J connectivity index is 1.32. The van der Waals surface area contributed by atoms with E-state index in [1.165, 1.54) is 0 Å². The maximum absolute atomic E-state index is 13.8. The monoisotopic (exact) mass is 460 g/mol. The molecule has 7 nitrogen and oxygen atoms in total. The number of piperidine rings is 1. The standard InChI is InChI=1S/C27H32N4O3/c1-28(18-21-8-4-2-5-9-21)24(32)19-30-20-31(23-10-6-3-7-11-23)27(26(30)34)14-16-29(17-15-27)25(33)22-12-13-22/h2-11,22H,12-20H2,1H3. The van der Waals surface area contributed by atoms with E-state index in [2.05, 4.69) is 4.90 Å². The fraction of sp³-hybridized carbons (Fsp3) is 0.444. The number of likely N-dealkylation sites (N-methyl/N-ethyl adjacent to an activating group) is 1. The van der Waals surface area contributed by atoms with Crippen molar-refractivity contribution in [3.05, 3.63) is 66.2 Å². The van der Waals surface area contributed by atoms with Crippen molar-refractivity contribution in [1.82, 2.24) is 14.7 Å². The normalized spacial score (nSPS) is 19.6. The smallest absolute Gasteiger partial charge is 0.250 e. The highest BCUT2D eigenvalue weighted by molar-refractivity contribution is 5.96. The fourth-order valence-corrected chi connectivity index (χ4v) is 5.24. The van der Waals surface area contributed by atoms with Gasteiger partial charge in [0.15, 0.2) is 0 Å². The van der Waals surface area contributed by atoms with Gasteiger partial charge in [0.25, 0.3) is 5.91 Å². The maximum atomic E-state index is 13.8. The van der Waals surface area contributed by atoms with Crippen LogP contribution in [0.25, 0.3) is 0 Å². The topological polar surface area (TPSA) is 64.2 Å². The van der Waals surface area contributed by atoms with E-state index in [9.17, 15) is 14.4 Å². The summed E-state index contributed by atoms with van der Waals surface area (Å²) >= 11 is 0. The predicted octanol–water partition coefficient (Wildman–Crippen LogP) is 2.72. The average Bonchev–Trinajstić information content (AvgIpc) is 3.69. The van der Waals surface area contributed by atoms with Crippen LogP contribution in [0.2, 0.25) is 0 Å². The minimum atomic E-state index is -0.708. The van der Waals surface area contributed by atoms with Crippen molar-refractivity contribution in [2.75, 3.05) is 38.3 Å². The molecule has 1 saturated carbocycles. The maximum Gasteiger partial charge on any atom is 0.250 e. The molecular weight excluding hydrogens is 428 g/mol. The molecule has 0 atom stereocenters. The first-order valence-corrected chi connectivity index (χ1v) is 12.2. The molecule has 0 bridgehead atoms. The van der Waals surface area contributed by atoms with Crippen LogP contribution in [0.1, 0.15) is 31.2 Å². The van der Waals surface area contributed by atoms with Crippen LogP contribution in [0.4, 0.5) is 5.69 Å². The Morgan fingerprint density at radius 2 is 1.59 bits per heavy atom. The first-order valence-electron chi connectivity index (χ1n) is 12.2. The van der Waals surface area contributed by atoms with Crippen LogP contribution in [0.3, 0.4) is 0 Å². The van der Waals surface area contributed by atoms with Gasteiger partial charge in [-0.15, -0.1) is 0 Å². The first-order chi connectivity index (χ1) is 16.5. The highest BCUT2D eigenvalue weighted by atomic mass is 16.2. The van der Waals surface area contributed by atoms with E-state index < -0.39 is 5.54 Å². The first kappa shape index (κ1) is 22.4. The Bertz CT molecular complexity index is 1050. The number of anilines is 1. The van der Waals surface area contributed by atoms with E-state index in [-0.39, 0.29) is 30.2 Å². The summed E-state index contributed by atoms with van der Waals surface area (Å²) in [6, 6.07) is 19.8. The number of carbonyl (C=O) groups excluding carboxylic acids is 3. The van der Waals surface area contributed by atoms with Crippen LogP contribution >= 0.6 is 0 Å². The number of carbonyl (C=O) groups is 3. The molecule has 7 heteroatoms. The Morgan fingerprint density at radius 3 is 2.21 bits per heavy atom. The van der Waals surface area contributed by atoms with Crippen LogP contribution in [-0.2, 0) is 20.9 Å². The zero-order valence-electron chi connectivity index (χ0n) is 19.7. The molecule has 2 heterocycles. The van der Waals surface area contributed by atoms with Crippen LogP contribution in [0.15, 0.2) is 60.7 Å². The minimum Gasteiger partial charge on any atom is -0.342 e. The summed E-state index contributed by atoms with van der Waals surface area (Å²) in [6.45, 7) is 2.11. The van der Waals surface area contributed by atoms with Gasteiger partial charge < -0.3 is 19.6 Å². The second kappa shape index (κ2) is 9.12. The van der Waals surface area contributed by atoms with Crippen molar-refractivity contribution in [2.45, 2.75) is 37.8 Å². The number of nitrogens with zero attached hydrogens (tertiary/aromatic N) is 4. The van der Waals surface area contributed by atoms with Crippen molar-refractivity contribution >= 4 is 23.4 Å². The summed E-state index contributed by atoms with van der Waals surface area (Å²) < 4.78 is 0. The van der Waals surface area contributed by atoms with Gasteiger partial charge in [0.1, 0.15) is 12.1 Å². The average molecular weight is 461 g/mol. The number of hydrogen-bond acceptors (Lipinski definition) is 4. The van der Waals surface area contributed by atoms with Crippen LogP contribution in [0, 0.1) is 5.92 Å². The molecule has 0 N–H and O–H groups in total. The van der Waals surface area contributed by atoms with Gasteiger partial charge in [-0.3, -0.25) is 14.4 Å². The van der Waals surface area contributed by atoms with Crippen molar-refractivity contribution in [1.29, 1.82) is 0 Å². The molecule has 3 fully saturated rings. The van der Waals surface area contributed by atoms with E-state index in [0.717, 1.165) is 24.1 Å². The third-order valence-electron chi connectivity index (χ3n) is 7.43. The van der Waals surface area contributed by atoms with Crippen LogP contribution < -0.4 is 4.90 Å². The molecule has 2 aromatic rings. The van der Waals surface area contributed by atoms with Gasteiger partial charge in [-0.1, -0.05) is 48.5 Å². The van der Waals surface area contributed by atoms with E-state index >= 15 is 0 Å². The zero-order valence-corrected chi connectivity index (χ0v) is 19.7. The van der Waals surface area contributed by atoms with Crippen molar-refractivity contribution in [3.8, 4) is 0 Å². The molecule has 3 aliphatic rings. The van der Waals surface area contributed by atoms with Crippen molar-refractivity contribution in [2.24, 2.45) is 5.92 Å². The molecule has 0 unspecified atom stereocenters. The summed E-state index contributed by atoms with van der Waals surface area (Å²) in [5, 5.41) is 0. The van der Waals surface area contributed by atoms with E-state index in [0.29, 0.717) is 39.1 Å². The van der Waals surface area contributed by atoms with Crippen LogP contribution in [-0.4, -0.2) is 71.3 Å². The number of para-hydroxylation sites is 1. The van der Waals surface area contributed by atoms with Crippen molar-refractivity contribution in [3.63, 3.8) is 0 Å². The van der Waals surface area contributed by atoms with Gasteiger partial charge in [-0.25, -0.2) is 0 Å². The van der Waals surface area contributed by atoms with E-state index in [1.54, 1.807) is 16.8 Å². The van der Waals surface area contributed by atoms with Gasteiger partial charge in [0, 0.05) is 38.3 Å².